The molecule has 1 aromatic carbocycles. The van der Waals surface area contributed by atoms with Gasteiger partial charge in [-0.2, -0.15) is 0 Å². The predicted molar refractivity (Wildman–Crippen MR) is 92.4 cm³/mol. The number of rotatable bonds is 6. The van der Waals surface area contributed by atoms with Gasteiger partial charge in [0.05, 0.1) is 19.2 Å². The summed E-state index contributed by atoms with van der Waals surface area (Å²) >= 11 is 0. The summed E-state index contributed by atoms with van der Waals surface area (Å²) in [5.41, 5.74) is 0.654. The maximum atomic E-state index is 12.3. The van der Waals surface area contributed by atoms with Crippen LogP contribution in [0.3, 0.4) is 0 Å². The molecule has 1 aromatic rings. The normalized spacial score (nSPS) is 23.1. The molecule has 0 aromatic heterocycles. The van der Waals surface area contributed by atoms with Gasteiger partial charge in [0, 0.05) is 31.7 Å². The van der Waals surface area contributed by atoms with Gasteiger partial charge in [-0.05, 0) is 12.5 Å². The first kappa shape index (κ1) is 17.5. The number of nitrogens with one attached hydrogen (secondary N) is 1. The second-order valence-corrected chi connectivity index (χ2v) is 6.58. The summed E-state index contributed by atoms with van der Waals surface area (Å²) in [7, 11) is 1.62. The lowest BCUT2D eigenvalue weighted by molar-refractivity contribution is -0.123. The van der Waals surface area contributed by atoms with Crippen molar-refractivity contribution in [1.29, 1.82) is 0 Å². The molecule has 0 bridgehead atoms. The zero-order valence-electron chi connectivity index (χ0n) is 14.8. The van der Waals surface area contributed by atoms with E-state index in [4.69, 9.17) is 9.47 Å². The van der Waals surface area contributed by atoms with Crippen LogP contribution in [0.1, 0.15) is 18.9 Å². The number of cyclic esters (lactones) is 1. The molecule has 2 aliphatic rings. The molecule has 0 radical (unpaired) electrons. The van der Waals surface area contributed by atoms with Crippen LogP contribution in [0.2, 0.25) is 0 Å². The number of ether oxygens (including phenoxy) is 2. The summed E-state index contributed by atoms with van der Waals surface area (Å²) in [6, 6.07) is 7.64. The van der Waals surface area contributed by atoms with Crippen molar-refractivity contribution in [2.24, 2.45) is 0 Å². The number of piperazine rings is 1. The lowest BCUT2D eigenvalue weighted by Gasteiger charge is -2.44. The molecule has 2 aliphatic heterocycles. The molecule has 2 amide bonds. The Kier molecular flexibility index (Phi) is 5.13. The number of hydrogen-bond acceptors (Lipinski definition) is 5. The van der Waals surface area contributed by atoms with Gasteiger partial charge in [-0.3, -0.25) is 14.6 Å². The Morgan fingerprint density at radius 3 is 2.92 bits per heavy atom. The Bertz CT molecular complexity index is 651. The fourth-order valence-corrected chi connectivity index (χ4v) is 3.58. The Balaban J connectivity index is 1.54. The third kappa shape index (κ3) is 3.56. The molecule has 2 fully saturated rings. The highest BCUT2D eigenvalue weighted by molar-refractivity contribution is 5.78. The molecule has 136 valence electrons. The van der Waals surface area contributed by atoms with Crippen LogP contribution >= 0.6 is 0 Å². The first-order chi connectivity index (χ1) is 12.1. The van der Waals surface area contributed by atoms with Gasteiger partial charge in [-0.15, -0.1) is 0 Å². The first-order valence-electron chi connectivity index (χ1n) is 8.63. The van der Waals surface area contributed by atoms with Gasteiger partial charge in [0.2, 0.25) is 5.91 Å². The second-order valence-electron chi connectivity index (χ2n) is 6.58. The topological polar surface area (TPSA) is 71.1 Å². The molecule has 3 rings (SSSR count). The van der Waals surface area contributed by atoms with E-state index in [0.29, 0.717) is 39.3 Å². The zero-order valence-corrected chi connectivity index (χ0v) is 14.8. The molecule has 7 nitrogen and oxygen atoms in total. The summed E-state index contributed by atoms with van der Waals surface area (Å²) in [6.07, 6.45) is 0.583. The number of benzene rings is 1. The van der Waals surface area contributed by atoms with Gasteiger partial charge in [0.15, 0.2) is 0 Å². The molecule has 1 N–H and O–H groups in total. The van der Waals surface area contributed by atoms with Crippen molar-refractivity contribution >= 4 is 12.0 Å². The van der Waals surface area contributed by atoms with Crippen LogP contribution in [0.4, 0.5) is 4.79 Å². The molecule has 1 unspecified atom stereocenters. The maximum Gasteiger partial charge on any atom is 0.410 e. The number of amides is 2. The molecule has 2 saturated heterocycles. The number of fused-ring (bicyclic) bond motifs is 1. The van der Waals surface area contributed by atoms with Crippen LogP contribution in [-0.4, -0.2) is 67.2 Å². The number of para-hydroxylation sites is 1. The quantitative estimate of drug-likeness (QED) is 0.838. The Labute approximate surface area is 147 Å². The third-order valence-electron chi connectivity index (χ3n) is 5.11. The summed E-state index contributed by atoms with van der Waals surface area (Å²) in [6.45, 7) is 5.16. The van der Waals surface area contributed by atoms with Crippen LogP contribution in [0.15, 0.2) is 24.3 Å². The van der Waals surface area contributed by atoms with Crippen LogP contribution in [0, 0.1) is 0 Å². The molecular formula is C18H25N3O4. The zero-order chi connectivity index (χ0) is 17.9. The van der Waals surface area contributed by atoms with Crippen molar-refractivity contribution in [2.75, 3.05) is 39.9 Å². The van der Waals surface area contributed by atoms with Crippen molar-refractivity contribution < 1.29 is 19.1 Å². The van der Waals surface area contributed by atoms with E-state index >= 15 is 0 Å². The lowest BCUT2D eigenvalue weighted by atomic mass is 9.93. The van der Waals surface area contributed by atoms with Gasteiger partial charge in [-0.1, -0.05) is 25.1 Å². The predicted octanol–water partition coefficient (Wildman–Crippen LogP) is 1.23. The molecular weight excluding hydrogens is 322 g/mol. The number of carbonyl (C=O) groups is 2. The average Bonchev–Trinajstić information content (AvgIpc) is 2.97. The van der Waals surface area contributed by atoms with Gasteiger partial charge in [-0.25, -0.2) is 4.79 Å². The van der Waals surface area contributed by atoms with E-state index in [9.17, 15) is 9.59 Å². The van der Waals surface area contributed by atoms with E-state index in [1.807, 2.05) is 29.2 Å². The largest absolute Gasteiger partial charge is 0.496 e. The fraction of sp³-hybridized carbons (Fsp3) is 0.556. The number of hydrogen-bond donors (Lipinski definition) is 1. The minimum Gasteiger partial charge on any atom is -0.496 e. The Hall–Kier alpha value is -2.28. The number of nitrogens with zero attached hydrogens (tertiary/aromatic N) is 2. The molecule has 2 heterocycles. The summed E-state index contributed by atoms with van der Waals surface area (Å²) < 4.78 is 10.5. The van der Waals surface area contributed by atoms with Crippen molar-refractivity contribution in [1.82, 2.24) is 15.1 Å². The van der Waals surface area contributed by atoms with Crippen molar-refractivity contribution in [3.8, 4) is 5.75 Å². The highest BCUT2D eigenvalue weighted by Gasteiger charge is 2.49. The highest BCUT2D eigenvalue weighted by atomic mass is 16.6. The van der Waals surface area contributed by atoms with E-state index in [2.05, 4.69) is 17.1 Å². The fourth-order valence-electron chi connectivity index (χ4n) is 3.58. The molecule has 1 atom stereocenters. The van der Waals surface area contributed by atoms with E-state index in [1.54, 1.807) is 7.11 Å². The van der Waals surface area contributed by atoms with Gasteiger partial charge >= 0.3 is 6.09 Å². The number of carbonyl (C=O) groups excluding carboxylic acids is 2. The van der Waals surface area contributed by atoms with E-state index in [1.165, 1.54) is 0 Å². The molecule has 25 heavy (non-hydrogen) atoms. The highest BCUT2D eigenvalue weighted by Crippen LogP contribution is 2.31. The first-order valence-corrected chi connectivity index (χ1v) is 8.63. The SMILES string of the molecule is CCC12COC(=O)N1CCN(CC(=O)NCc1ccccc1OC)C2. The van der Waals surface area contributed by atoms with Crippen molar-refractivity contribution in [3.05, 3.63) is 29.8 Å². The van der Waals surface area contributed by atoms with Crippen molar-refractivity contribution in [3.63, 3.8) is 0 Å². The lowest BCUT2D eigenvalue weighted by Crippen LogP contribution is -2.62. The Morgan fingerprint density at radius 1 is 1.36 bits per heavy atom. The molecule has 7 heteroatoms. The van der Waals surface area contributed by atoms with Crippen LogP contribution < -0.4 is 10.1 Å². The van der Waals surface area contributed by atoms with E-state index < -0.39 is 0 Å². The van der Waals surface area contributed by atoms with Gasteiger partial charge in [0.25, 0.3) is 0 Å². The molecule has 0 saturated carbocycles. The second kappa shape index (κ2) is 7.31. The van der Waals surface area contributed by atoms with Crippen LogP contribution in [-0.2, 0) is 16.1 Å². The summed E-state index contributed by atoms with van der Waals surface area (Å²) in [5, 5.41) is 2.95. The van der Waals surface area contributed by atoms with E-state index in [0.717, 1.165) is 17.7 Å². The van der Waals surface area contributed by atoms with Gasteiger partial charge < -0.3 is 14.8 Å². The molecule has 0 aliphatic carbocycles. The smallest absolute Gasteiger partial charge is 0.410 e. The van der Waals surface area contributed by atoms with Crippen LogP contribution in [0.25, 0.3) is 0 Å². The third-order valence-corrected chi connectivity index (χ3v) is 5.11. The standard InChI is InChI=1S/C18H25N3O4/c1-3-18-12-20(8-9-21(18)17(23)25-13-18)11-16(22)19-10-14-6-4-5-7-15(14)24-2/h4-7H,3,8-13H2,1-2H3,(H,19,22). The maximum absolute atomic E-state index is 12.3. The van der Waals surface area contributed by atoms with Crippen molar-refractivity contribution in [2.45, 2.75) is 25.4 Å². The Morgan fingerprint density at radius 2 is 2.16 bits per heavy atom. The number of methoxy groups -OCH3 is 1. The van der Waals surface area contributed by atoms with Gasteiger partial charge in [0.1, 0.15) is 12.4 Å². The minimum absolute atomic E-state index is 0.0316. The molecule has 0 spiro atoms. The van der Waals surface area contributed by atoms with Crippen LogP contribution in [0.5, 0.6) is 5.75 Å². The summed E-state index contributed by atoms with van der Waals surface area (Å²) in [5.74, 6) is 0.735. The minimum atomic E-state index is -0.293. The average molecular weight is 347 g/mol. The summed E-state index contributed by atoms with van der Waals surface area (Å²) in [4.78, 5) is 28.1. The van der Waals surface area contributed by atoms with E-state index in [-0.39, 0.29) is 17.5 Å². The monoisotopic (exact) mass is 347 g/mol.